The smallest absolute Gasteiger partial charge is 0.0649 e. The van der Waals surface area contributed by atoms with Gasteiger partial charge in [-0.15, -0.1) is 0 Å². The van der Waals surface area contributed by atoms with E-state index in [-0.39, 0.29) is 0 Å². The van der Waals surface area contributed by atoms with E-state index in [9.17, 15) is 0 Å². The lowest BCUT2D eigenvalue weighted by Gasteiger charge is -1.87. The molecule has 0 fully saturated rings. The van der Waals surface area contributed by atoms with Crippen LogP contribution < -0.4 is 0 Å². The Kier molecular flexibility index (Phi) is 2.78. The third-order valence-electron chi connectivity index (χ3n) is 0.833. The molecule has 0 saturated carbocycles. The molecule has 0 spiro atoms. The Hall–Kier alpha value is -0.293. The minimum Gasteiger partial charge on any atom is -0.198 e. The average Bonchev–Trinajstić information content (AvgIpc) is 1.65. The molecular formula is C4H9NSi. The van der Waals surface area contributed by atoms with E-state index in [1.165, 1.54) is 0 Å². The standard InChI is InChI=1S/C4H9NSi/c1-4(2-5)3-6/h4H,3H2,1,6H3. The largest absolute Gasteiger partial charge is 0.198 e. The Bertz CT molecular complexity index is 64.4. The molecule has 0 aliphatic rings. The van der Waals surface area contributed by atoms with Gasteiger partial charge < -0.3 is 0 Å². The highest BCUT2D eigenvalue weighted by atomic mass is 28.1. The van der Waals surface area contributed by atoms with E-state index in [1.807, 2.05) is 6.92 Å². The van der Waals surface area contributed by atoms with Gasteiger partial charge in [-0.1, -0.05) is 6.04 Å². The Labute approximate surface area is 41.4 Å². The van der Waals surface area contributed by atoms with Crippen molar-refractivity contribution in [3.63, 3.8) is 0 Å². The SMILES string of the molecule is CC(C#N)C[SiH3]. The van der Waals surface area contributed by atoms with Gasteiger partial charge in [0.1, 0.15) is 0 Å². The van der Waals surface area contributed by atoms with E-state index in [2.05, 4.69) is 6.07 Å². The summed E-state index contributed by atoms with van der Waals surface area (Å²) in [5.41, 5.74) is 0. The number of nitriles is 1. The fraction of sp³-hybridized carbons (Fsp3) is 0.750. The first kappa shape index (κ1) is 5.71. The zero-order valence-corrected chi connectivity index (χ0v) is 6.23. The van der Waals surface area contributed by atoms with Gasteiger partial charge in [-0.25, -0.2) is 0 Å². The van der Waals surface area contributed by atoms with Crippen molar-refractivity contribution in [3.05, 3.63) is 0 Å². The van der Waals surface area contributed by atoms with Crippen molar-refractivity contribution in [2.24, 2.45) is 5.92 Å². The molecule has 0 N–H and O–H groups in total. The van der Waals surface area contributed by atoms with E-state index in [0.717, 1.165) is 16.3 Å². The Balaban J connectivity index is 3.04. The van der Waals surface area contributed by atoms with Crippen molar-refractivity contribution in [1.29, 1.82) is 5.26 Å². The van der Waals surface area contributed by atoms with Crippen LogP contribution in [0.2, 0.25) is 6.04 Å². The van der Waals surface area contributed by atoms with Crippen molar-refractivity contribution in [2.75, 3.05) is 0 Å². The number of rotatable bonds is 1. The van der Waals surface area contributed by atoms with Crippen LogP contribution in [0.1, 0.15) is 6.92 Å². The summed E-state index contributed by atoms with van der Waals surface area (Å²) in [6, 6.07) is 3.26. The molecule has 0 aliphatic heterocycles. The lowest BCUT2D eigenvalue weighted by Crippen LogP contribution is -1.84. The quantitative estimate of drug-likeness (QED) is 0.422. The highest BCUT2D eigenvalue weighted by Crippen LogP contribution is 1.92. The lowest BCUT2D eigenvalue weighted by atomic mass is 10.3. The predicted molar refractivity (Wildman–Crippen MR) is 29.5 cm³/mol. The number of nitrogens with zero attached hydrogens (tertiary/aromatic N) is 1. The zero-order valence-electron chi connectivity index (χ0n) is 4.23. The van der Waals surface area contributed by atoms with Crippen LogP contribution in [0.15, 0.2) is 0 Å². The molecule has 1 nitrogen and oxygen atoms in total. The first-order valence-electron chi connectivity index (χ1n) is 2.20. The summed E-state index contributed by atoms with van der Waals surface area (Å²) in [6.07, 6.45) is 0. The minimum absolute atomic E-state index is 0.302. The van der Waals surface area contributed by atoms with Crippen LogP contribution in [0.4, 0.5) is 0 Å². The van der Waals surface area contributed by atoms with Crippen LogP contribution in [0.25, 0.3) is 0 Å². The molecule has 0 bridgehead atoms. The van der Waals surface area contributed by atoms with Gasteiger partial charge in [-0.2, -0.15) is 5.26 Å². The van der Waals surface area contributed by atoms with Crippen LogP contribution in [0.3, 0.4) is 0 Å². The van der Waals surface area contributed by atoms with E-state index in [4.69, 9.17) is 5.26 Å². The lowest BCUT2D eigenvalue weighted by molar-refractivity contribution is 0.847. The summed E-state index contributed by atoms with van der Waals surface area (Å²) < 4.78 is 0. The number of hydrogen-bond acceptors (Lipinski definition) is 1. The summed E-state index contributed by atoms with van der Waals surface area (Å²) in [6.45, 7) is 1.95. The van der Waals surface area contributed by atoms with Crippen LogP contribution >= 0.6 is 0 Å². The molecule has 0 aromatic heterocycles. The molecule has 0 aromatic carbocycles. The molecule has 1 unspecified atom stereocenters. The molecule has 0 radical (unpaired) electrons. The monoisotopic (exact) mass is 99.1 g/mol. The van der Waals surface area contributed by atoms with Gasteiger partial charge in [0.05, 0.1) is 6.07 Å². The van der Waals surface area contributed by atoms with Crippen molar-refractivity contribution in [2.45, 2.75) is 13.0 Å². The molecule has 0 saturated heterocycles. The molecule has 34 valence electrons. The third kappa shape index (κ3) is 1.98. The van der Waals surface area contributed by atoms with Gasteiger partial charge in [0.25, 0.3) is 0 Å². The normalized spacial score (nSPS) is 13.3. The maximum Gasteiger partial charge on any atom is 0.0649 e. The molecule has 0 rings (SSSR count). The Morgan fingerprint density at radius 1 is 2.00 bits per heavy atom. The Morgan fingerprint density at radius 2 is 2.50 bits per heavy atom. The third-order valence-corrected chi connectivity index (χ3v) is 2.06. The van der Waals surface area contributed by atoms with Crippen LogP contribution in [0.5, 0.6) is 0 Å². The molecule has 0 aromatic rings. The molecular weight excluding hydrogens is 90.1 g/mol. The summed E-state index contributed by atoms with van der Waals surface area (Å²) in [5.74, 6) is 0.302. The average molecular weight is 99.2 g/mol. The molecule has 0 amide bonds. The van der Waals surface area contributed by atoms with Crippen LogP contribution in [0, 0.1) is 17.2 Å². The topological polar surface area (TPSA) is 23.8 Å². The van der Waals surface area contributed by atoms with Gasteiger partial charge in [-0.3, -0.25) is 0 Å². The second-order valence-electron chi connectivity index (χ2n) is 1.44. The van der Waals surface area contributed by atoms with Gasteiger partial charge in [0.2, 0.25) is 0 Å². The summed E-state index contributed by atoms with van der Waals surface area (Å²) in [7, 11) is 1.16. The summed E-state index contributed by atoms with van der Waals surface area (Å²) >= 11 is 0. The van der Waals surface area contributed by atoms with E-state index >= 15 is 0 Å². The van der Waals surface area contributed by atoms with Crippen molar-refractivity contribution in [3.8, 4) is 6.07 Å². The second kappa shape index (κ2) is 2.92. The van der Waals surface area contributed by atoms with Gasteiger partial charge in [-0.05, 0) is 6.92 Å². The first-order chi connectivity index (χ1) is 2.81. The fourth-order valence-electron chi connectivity index (χ4n) is 0.0913. The molecule has 0 aliphatic carbocycles. The molecule has 2 heteroatoms. The second-order valence-corrected chi connectivity index (χ2v) is 2.25. The summed E-state index contributed by atoms with van der Waals surface area (Å²) in [5, 5.41) is 8.11. The summed E-state index contributed by atoms with van der Waals surface area (Å²) in [4.78, 5) is 0. The van der Waals surface area contributed by atoms with Crippen molar-refractivity contribution >= 4 is 10.2 Å². The Morgan fingerprint density at radius 3 is 2.50 bits per heavy atom. The van der Waals surface area contributed by atoms with Crippen molar-refractivity contribution in [1.82, 2.24) is 0 Å². The molecule has 1 atom stereocenters. The highest BCUT2D eigenvalue weighted by molar-refractivity contribution is 6.08. The minimum atomic E-state index is 0.302. The van der Waals surface area contributed by atoms with E-state index < -0.39 is 0 Å². The fourth-order valence-corrected chi connectivity index (χ4v) is 0.274. The van der Waals surface area contributed by atoms with Gasteiger partial charge >= 0.3 is 0 Å². The van der Waals surface area contributed by atoms with Crippen LogP contribution in [-0.4, -0.2) is 10.2 Å². The predicted octanol–water partition coefficient (Wildman–Crippen LogP) is -0.0702. The van der Waals surface area contributed by atoms with Crippen LogP contribution in [-0.2, 0) is 0 Å². The van der Waals surface area contributed by atoms with Crippen molar-refractivity contribution < 1.29 is 0 Å². The van der Waals surface area contributed by atoms with Gasteiger partial charge in [0, 0.05) is 16.2 Å². The van der Waals surface area contributed by atoms with Gasteiger partial charge in [0.15, 0.2) is 0 Å². The number of hydrogen-bond donors (Lipinski definition) is 0. The maximum atomic E-state index is 8.11. The molecule has 6 heavy (non-hydrogen) atoms. The zero-order chi connectivity index (χ0) is 4.99. The maximum absolute atomic E-state index is 8.11. The first-order valence-corrected chi connectivity index (χ1v) is 3.62. The molecule has 0 heterocycles. The highest BCUT2D eigenvalue weighted by Gasteiger charge is 1.88. The van der Waals surface area contributed by atoms with E-state index in [0.29, 0.717) is 5.92 Å². The van der Waals surface area contributed by atoms with E-state index in [1.54, 1.807) is 0 Å².